The van der Waals surface area contributed by atoms with Crippen molar-refractivity contribution in [2.24, 2.45) is 22.7 Å². The van der Waals surface area contributed by atoms with Crippen molar-refractivity contribution in [1.82, 2.24) is 5.32 Å². The second-order valence-electron chi connectivity index (χ2n) is 9.67. The lowest BCUT2D eigenvalue weighted by Gasteiger charge is -2.43. The molecular weight excluding hydrogens is 254 g/mol. The molecule has 0 aliphatic heterocycles. The zero-order valence-electron chi connectivity index (χ0n) is 15.5. The number of nitrogens with one attached hydrogen (secondary N) is 1. The van der Waals surface area contributed by atoms with E-state index in [-0.39, 0.29) is 0 Å². The zero-order valence-corrected chi connectivity index (χ0v) is 15.5. The number of rotatable bonds is 4. The quantitative estimate of drug-likeness (QED) is 0.692. The molecular formula is C20H39N. The number of hydrogen-bond donors (Lipinski definition) is 1. The van der Waals surface area contributed by atoms with Crippen molar-refractivity contribution >= 4 is 0 Å². The van der Waals surface area contributed by atoms with Crippen LogP contribution in [0.5, 0.6) is 0 Å². The molecule has 0 aromatic heterocycles. The molecule has 1 heteroatoms. The highest BCUT2D eigenvalue weighted by molar-refractivity contribution is 4.91. The monoisotopic (exact) mass is 293 g/mol. The molecule has 0 radical (unpaired) electrons. The van der Waals surface area contributed by atoms with Crippen LogP contribution in [0.4, 0.5) is 0 Å². The van der Waals surface area contributed by atoms with Crippen LogP contribution in [0.2, 0.25) is 0 Å². The Morgan fingerprint density at radius 2 is 1.62 bits per heavy atom. The highest BCUT2D eigenvalue weighted by Crippen LogP contribution is 2.42. The summed E-state index contributed by atoms with van der Waals surface area (Å²) in [7, 11) is 0. The van der Waals surface area contributed by atoms with E-state index < -0.39 is 0 Å². The SMILES string of the molecule is CCC(C)(C)C1CCC(NC2CC(C)CC(C)(C)C2)CC1. The van der Waals surface area contributed by atoms with Crippen molar-refractivity contribution in [3.63, 3.8) is 0 Å². The standard InChI is InChI=1S/C20H39N/c1-7-20(5,6)16-8-10-17(11-9-16)21-18-12-15(2)13-19(3,4)14-18/h15-18,21H,7-14H2,1-6H3. The van der Waals surface area contributed by atoms with Crippen LogP contribution >= 0.6 is 0 Å². The van der Waals surface area contributed by atoms with E-state index >= 15 is 0 Å². The molecule has 0 saturated heterocycles. The topological polar surface area (TPSA) is 12.0 Å². The summed E-state index contributed by atoms with van der Waals surface area (Å²) in [5.41, 5.74) is 1.09. The summed E-state index contributed by atoms with van der Waals surface area (Å²) >= 11 is 0. The predicted octanol–water partition coefficient (Wildman–Crippen LogP) is 5.79. The van der Waals surface area contributed by atoms with Gasteiger partial charge in [0, 0.05) is 12.1 Å². The molecule has 0 aromatic carbocycles. The normalized spacial score (nSPS) is 37.4. The van der Waals surface area contributed by atoms with Gasteiger partial charge in [-0.05, 0) is 67.6 Å². The van der Waals surface area contributed by atoms with E-state index in [1.54, 1.807) is 0 Å². The van der Waals surface area contributed by atoms with Crippen molar-refractivity contribution in [2.75, 3.05) is 0 Å². The lowest BCUT2D eigenvalue weighted by atomic mass is 9.68. The fourth-order valence-corrected chi connectivity index (χ4v) is 5.14. The Labute approximate surface area is 133 Å². The minimum atomic E-state index is 0.538. The lowest BCUT2D eigenvalue weighted by Crippen LogP contribution is -2.46. The Balaban J connectivity index is 1.81. The summed E-state index contributed by atoms with van der Waals surface area (Å²) in [5, 5.41) is 4.03. The van der Waals surface area contributed by atoms with Gasteiger partial charge in [0.1, 0.15) is 0 Å². The largest absolute Gasteiger partial charge is 0.311 e. The van der Waals surface area contributed by atoms with Crippen molar-refractivity contribution in [3.8, 4) is 0 Å². The van der Waals surface area contributed by atoms with Gasteiger partial charge in [0.25, 0.3) is 0 Å². The lowest BCUT2D eigenvalue weighted by molar-refractivity contribution is 0.111. The van der Waals surface area contributed by atoms with Crippen LogP contribution in [0.3, 0.4) is 0 Å². The summed E-state index contributed by atoms with van der Waals surface area (Å²) in [6.45, 7) is 14.6. The minimum absolute atomic E-state index is 0.538. The second-order valence-corrected chi connectivity index (χ2v) is 9.67. The summed E-state index contributed by atoms with van der Waals surface area (Å²) in [5.74, 6) is 1.84. The third kappa shape index (κ3) is 4.71. The van der Waals surface area contributed by atoms with Crippen molar-refractivity contribution in [2.45, 2.75) is 105 Å². The zero-order chi connectivity index (χ0) is 15.7. The first kappa shape index (κ1) is 17.3. The van der Waals surface area contributed by atoms with Gasteiger partial charge in [-0.15, -0.1) is 0 Å². The molecule has 2 saturated carbocycles. The second kappa shape index (κ2) is 6.60. The third-order valence-electron chi connectivity index (χ3n) is 6.60. The molecule has 1 N–H and O–H groups in total. The van der Waals surface area contributed by atoms with Crippen LogP contribution in [0.1, 0.15) is 92.9 Å². The van der Waals surface area contributed by atoms with Crippen LogP contribution in [0, 0.1) is 22.7 Å². The summed E-state index contributed by atoms with van der Waals surface area (Å²) in [6.07, 6.45) is 11.2. The van der Waals surface area contributed by atoms with Gasteiger partial charge in [-0.2, -0.15) is 0 Å². The van der Waals surface area contributed by atoms with E-state index in [0.717, 1.165) is 23.9 Å². The van der Waals surface area contributed by atoms with Gasteiger partial charge < -0.3 is 5.32 Å². The minimum Gasteiger partial charge on any atom is -0.311 e. The Kier molecular flexibility index (Phi) is 5.45. The Morgan fingerprint density at radius 1 is 1.00 bits per heavy atom. The number of hydrogen-bond acceptors (Lipinski definition) is 1. The van der Waals surface area contributed by atoms with Gasteiger partial charge >= 0.3 is 0 Å². The van der Waals surface area contributed by atoms with E-state index in [9.17, 15) is 0 Å². The van der Waals surface area contributed by atoms with Gasteiger partial charge in [0.05, 0.1) is 0 Å². The molecule has 0 aromatic rings. The van der Waals surface area contributed by atoms with Crippen LogP contribution in [0.25, 0.3) is 0 Å². The first-order valence-electron chi connectivity index (χ1n) is 9.48. The van der Waals surface area contributed by atoms with Crippen LogP contribution in [0.15, 0.2) is 0 Å². The molecule has 2 aliphatic carbocycles. The van der Waals surface area contributed by atoms with Crippen LogP contribution in [-0.4, -0.2) is 12.1 Å². The van der Waals surface area contributed by atoms with Crippen molar-refractivity contribution in [3.05, 3.63) is 0 Å². The first-order chi connectivity index (χ1) is 9.72. The van der Waals surface area contributed by atoms with E-state index in [2.05, 4.69) is 46.9 Å². The van der Waals surface area contributed by atoms with E-state index in [4.69, 9.17) is 0 Å². The molecule has 0 bridgehead atoms. The third-order valence-corrected chi connectivity index (χ3v) is 6.60. The molecule has 1 nitrogen and oxygen atoms in total. The van der Waals surface area contributed by atoms with Crippen molar-refractivity contribution < 1.29 is 0 Å². The molecule has 0 spiro atoms. The van der Waals surface area contributed by atoms with Gasteiger partial charge in [-0.3, -0.25) is 0 Å². The molecule has 0 heterocycles. The maximum Gasteiger partial charge on any atom is 0.00772 e. The van der Waals surface area contributed by atoms with Gasteiger partial charge in [-0.1, -0.05) is 48.0 Å². The summed E-state index contributed by atoms with van der Waals surface area (Å²) in [6, 6.07) is 1.56. The van der Waals surface area contributed by atoms with E-state index in [1.807, 2.05) is 0 Å². The molecule has 2 rings (SSSR count). The van der Waals surface area contributed by atoms with Crippen LogP contribution in [-0.2, 0) is 0 Å². The molecule has 124 valence electrons. The maximum atomic E-state index is 4.03. The van der Waals surface area contributed by atoms with Gasteiger partial charge in [0.15, 0.2) is 0 Å². The van der Waals surface area contributed by atoms with Gasteiger partial charge in [0.2, 0.25) is 0 Å². The predicted molar refractivity (Wildman–Crippen MR) is 93.5 cm³/mol. The Hall–Kier alpha value is -0.0400. The van der Waals surface area contributed by atoms with Crippen LogP contribution < -0.4 is 5.32 Å². The average Bonchev–Trinajstić information content (AvgIpc) is 2.37. The summed E-state index contributed by atoms with van der Waals surface area (Å²) < 4.78 is 0. The molecule has 2 fully saturated rings. The first-order valence-corrected chi connectivity index (χ1v) is 9.48. The summed E-state index contributed by atoms with van der Waals surface area (Å²) in [4.78, 5) is 0. The maximum absolute atomic E-state index is 4.03. The smallest absolute Gasteiger partial charge is 0.00772 e. The van der Waals surface area contributed by atoms with Crippen molar-refractivity contribution in [1.29, 1.82) is 0 Å². The Morgan fingerprint density at radius 3 is 2.14 bits per heavy atom. The fourth-order valence-electron chi connectivity index (χ4n) is 5.14. The highest BCUT2D eigenvalue weighted by atomic mass is 15.0. The Bertz CT molecular complexity index is 323. The molecule has 21 heavy (non-hydrogen) atoms. The van der Waals surface area contributed by atoms with E-state index in [1.165, 1.54) is 51.4 Å². The van der Waals surface area contributed by atoms with E-state index in [0.29, 0.717) is 10.8 Å². The average molecular weight is 294 g/mol. The highest BCUT2D eigenvalue weighted by Gasteiger charge is 2.35. The van der Waals surface area contributed by atoms with Gasteiger partial charge in [-0.25, -0.2) is 0 Å². The molecule has 2 aliphatic rings. The molecule has 2 atom stereocenters. The molecule has 0 amide bonds. The fraction of sp³-hybridized carbons (Fsp3) is 1.00. The molecule has 2 unspecified atom stereocenters.